The fourth-order valence-electron chi connectivity index (χ4n) is 6.34. The van der Waals surface area contributed by atoms with E-state index in [9.17, 15) is 9.59 Å². The molecular weight excluding hydrogens is 396 g/mol. The maximum Gasteiger partial charge on any atom is 0.338 e. The van der Waals surface area contributed by atoms with E-state index in [4.69, 9.17) is 14.2 Å². The minimum atomic E-state index is -0.317. The molecule has 7 heteroatoms. The SMILES string of the molecule is COc1ccc(C(=O)OC2CCN3CC4CC(CN5C(=O)CCCC45)C3C2)cc1OC. The standard InChI is InChI=1S/C24H32N2O5/c1-29-21-7-6-15(11-22(21)30-2)24(28)31-18-8-9-25-13-16-10-17(20(25)12-18)14-26-19(16)4-3-5-23(26)27/h6-7,11,16-20H,3-5,8-10,12-14H2,1-2H3. The molecule has 0 radical (unpaired) electrons. The Hall–Kier alpha value is -2.28. The maximum atomic E-state index is 12.8. The van der Waals surface area contributed by atoms with E-state index in [0.717, 1.165) is 45.3 Å². The third-order valence-corrected chi connectivity index (χ3v) is 7.81. The molecule has 31 heavy (non-hydrogen) atoms. The highest BCUT2D eigenvalue weighted by atomic mass is 16.5. The number of amides is 1. The Morgan fingerprint density at radius 1 is 1.00 bits per heavy atom. The largest absolute Gasteiger partial charge is 0.493 e. The fraction of sp³-hybridized carbons (Fsp3) is 0.667. The zero-order chi connectivity index (χ0) is 21.5. The van der Waals surface area contributed by atoms with Gasteiger partial charge in [0.05, 0.1) is 19.8 Å². The van der Waals surface area contributed by atoms with Gasteiger partial charge in [-0.15, -0.1) is 0 Å². The number of piperidine rings is 4. The predicted octanol–water partition coefficient (Wildman–Crippen LogP) is 2.72. The highest BCUT2D eigenvalue weighted by molar-refractivity contribution is 5.90. The van der Waals surface area contributed by atoms with Crippen LogP contribution in [0.25, 0.3) is 0 Å². The first kappa shape index (κ1) is 20.6. The molecule has 5 rings (SSSR count). The van der Waals surface area contributed by atoms with Crippen LogP contribution in [-0.4, -0.2) is 73.7 Å². The van der Waals surface area contributed by atoms with E-state index < -0.39 is 0 Å². The molecule has 4 saturated heterocycles. The second kappa shape index (κ2) is 8.34. The van der Waals surface area contributed by atoms with Crippen molar-refractivity contribution >= 4 is 11.9 Å². The summed E-state index contributed by atoms with van der Waals surface area (Å²) in [4.78, 5) is 30.1. The molecule has 4 aliphatic heterocycles. The van der Waals surface area contributed by atoms with Gasteiger partial charge in [-0.25, -0.2) is 4.79 Å². The van der Waals surface area contributed by atoms with Gasteiger partial charge in [-0.3, -0.25) is 9.69 Å². The molecular formula is C24H32N2O5. The number of methoxy groups -OCH3 is 2. The third-order valence-electron chi connectivity index (χ3n) is 7.81. The van der Waals surface area contributed by atoms with Gasteiger partial charge >= 0.3 is 5.97 Å². The molecule has 7 nitrogen and oxygen atoms in total. The van der Waals surface area contributed by atoms with E-state index >= 15 is 0 Å². The van der Waals surface area contributed by atoms with Gasteiger partial charge in [0.1, 0.15) is 6.10 Å². The van der Waals surface area contributed by atoms with Gasteiger partial charge < -0.3 is 19.1 Å². The Labute approximate surface area is 183 Å². The molecule has 0 N–H and O–H groups in total. The van der Waals surface area contributed by atoms with Crippen LogP contribution >= 0.6 is 0 Å². The van der Waals surface area contributed by atoms with Crippen molar-refractivity contribution in [2.24, 2.45) is 11.8 Å². The molecule has 5 unspecified atom stereocenters. The van der Waals surface area contributed by atoms with Gasteiger partial charge in [-0.2, -0.15) is 0 Å². The molecule has 0 aliphatic carbocycles. The van der Waals surface area contributed by atoms with E-state index in [-0.39, 0.29) is 12.1 Å². The first-order valence-electron chi connectivity index (χ1n) is 11.5. The van der Waals surface area contributed by atoms with Crippen LogP contribution in [0.3, 0.4) is 0 Å². The molecule has 1 aromatic carbocycles. The first-order valence-corrected chi connectivity index (χ1v) is 11.5. The van der Waals surface area contributed by atoms with Crippen LogP contribution in [0, 0.1) is 11.8 Å². The Morgan fingerprint density at radius 3 is 2.61 bits per heavy atom. The Kier molecular flexibility index (Phi) is 5.54. The van der Waals surface area contributed by atoms with Crippen molar-refractivity contribution in [2.75, 3.05) is 33.9 Å². The zero-order valence-electron chi connectivity index (χ0n) is 18.4. The number of nitrogens with zero attached hydrogens (tertiary/aromatic N) is 2. The minimum Gasteiger partial charge on any atom is -0.493 e. The summed E-state index contributed by atoms with van der Waals surface area (Å²) in [5, 5.41) is 0. The minimum absolute atomic E-state index is 0.0897. The molecule has 4 fully saturated rings. The van der Waals surface area contributed by atoms with Crippen LogP contribution in [0.15, 0.2) is 18.2 Å². The first-order chi connectivity index (χ1) is 15.1. The molecule has 0 spiro atoms. The van der Waals surface area contributed by atoms with Crippen LogP contribution in [0.4, 0.5) is 0 Å². The maximum absolute atomic E-state index is 12.8. The number of rotatable bonds is 4. The lowest BCUT2D eigenvalue weighted by Crippen LogP contribution is -2.65. The summed E-state index contributed by atoms with van der Waals surface area (Å²) in [7, 11) is 3.13. The van der Waals surface area contributed by atoms with Gasteiger partial charge in [0.15, 0.2) is 11.5 Å². The summed E-state index contributed by atoms with van der Waals surface area (Å²) in [6.45, 7) is 2.91. The number of esters is 1. The van der Waals surface area contributed by atoms with E-state index in [1.807, 2.05) is 0 Å². The monoisotopic (exact) mass is 428 g/mol. The van der Waals surface area contributed by atoms with Crippen molar-refractivity contribution in [3.05, 3.63) is 23.8 Å². The van der Waals surface area contributed by atoms with E-state index in [0.29, 0.717) is 53.3 Å². The number of hydrogen-bond acceptors (Lipinski definition) is 6. The highest BCUT2D eigenvalue weighted by Gasteiger charge is 2.49. The second-order valence-corrected chi connectivity index (χ2v) is 9.45. The Balaban J connectivity index is 1.25. The van der Waals surface area contributed by atoms with Crippen molar-refractivity contribution in [2.45, 2.75) is 56.7 Å². The smallest absolute Gasteiger partial charge is 0.338 e. The van der Waals surface area contributed by atoms with Gasteiger partial charge in [-0.1, -0.05) is 0 Å². The number of hydrogen-bond donors (Lipinski definition) is 0. The second-order valence-electron chi connectivity index (χ2n) is 9.45. The van der Waals surface area contributed by atoms with Crippen LogP contribution in [0.5, 0.6) is 11.5 Å². The average Bonchev–Trinajstić information content (AvgIpc) is 2.79. The lowest BCUT2D eigenvalue weighted by atomic mass is 9.70. The van der Waals surface area contributed by atoms with Crippen LogP contribution in [0.1, 0.15) is 48.9 Å². The molecule has 0 saturated carbocycles. The lowest BCUT2D eigenvalue weighted by Gasteiger charge is -2.57. The van der Waals surface area contributed by atoms with E-state index in [1.165, 1.54) is 6.42 Å². The van der Waals surface area contributed by atoms with E-state index in [1.54, 1.807) is 32.4 Å². The van der Waals surface area contributed by atoms with Crippen molar-refractivity contribution in [3.63, 3.8) is 0 Å². The molecule has 5 atom stereocenters. The van der Waals surface area contributed by atoms with Crippen molar-refractivity contribution in [3.8, 4) is 11.5 Å². The fourth-order valence-corrected chi connectivity index (χ4v) is 6.34. The molecule has 2 bridgehead atoms. The Bertz CT molecular complexity index is 858. The summed E-state index contributed by atoms with van der Waals surface area (Å²) in [5.74, 6) is 2.22. The normalized spacial score (nSPS) is 32.6. The van der Waals surface area contributed by atoms with Gasteiger partial charge in [0.2, 0.25) is 5.91 Å². The lowest BCUT2D eigenvalue weighted by molar-refractivity contribution is -0.150. The van der Waals surface area contributed by atoms with Crippen LogP contribution in [0.2, 0.25) is 0 Å². The van der Waals surface area contributed by atoms with Gasteiger partial charge in [0, 0.05) is 44.6 Å². The zero-order valence-corrected chi connectivity index (χ0v) is 18.4. The molecule has 0 aromatic heterocycles. The van der Waals surface area contributed by atoms with Crippen LogP contribution in [-0.2, 0) is 9.53 Å². The Morgan fingerprint density at radius 2 is 1.81 bits per heavy atom. The molecule has 4 aliphatic rings. The summed E-state index contributed by atoms with van der Waals surface area (Å²) in [5.41, 5.74) is 0.475. The molecule has 1 aromatic rings. The van der Waals surface area contributed by atoms with Crippen molar-refractivity contribution in [1.82, 2.24) is 9.80 Å². The molecule has 4 heterocycles. The average molecular weight is 429 g/mol. The number of carbonyl (C=O) groups excluding carboxylic acids is 2. The quantitative estimate of drug-likeness (QED) is 0.687. The summed E-state index contributed by atoms with van der Waals surface area (Å²) in [6.07, 6.45) is 5.73. The number of carbonyl (C=O) groups is 2. The van der Waals surface area contributed by atoms with Crippen LogP contribution < -0.4 is 9.47 Å². The molecule has 1 amide bonds. The predicted molar refractivity (Wildman–Crippen MR) is 114 cm³/mol. The topological polar surface area (TPSA) is 68.3 Å². The molecule has 168 valence electrons. The highest BCUT2D eigenvalue weighted by Crippen LogP contribution is 2.43. The summed E-state index contributed by atoms with van der Waals surface area (Å²) in [6, 6.07) is 5.95. The van der Waals surface area contributed by atoms with Crippen molar-refractivity contribution < 1.29 is 23.8 Å². The summed E-state index contributed by atoms with van der Waals surface area (Å²) < 4.78 is 16.5. The number of ether oxygens (including phenoxy) is 3. The number of fused-ring (bicyclic) bond motifs is 6. The number of benzene rings is 1. The van der Waals surface area contributed by atoms with Crippen molar-refractivity contribution in [1.29, 1.82) is 0 Å². The third kappa shape index (κ3) is 3.77. The summed E-state index contributed by atoms with van der Waals surface area (Å²) >= 11 is 0. The van der Waals surface area contributed by atoms with Gasteiger partial charge in [-0.05, 0) is 55.7 Å². The van der Waals surface area contributed by atoms with Gasteiger partial charge in [0.25, 0.3) is 0 Å². The van der Waals surface area contributed by atoms with E-state index in [2.05, 4.69) is 9.80 Å².